The first-order valence-electron chi connectivity index (χ1n) is 7.23. The molecule has 0 aliphatic carbocycles. The molecule has 1 aliphatic rings. The molecule has 1 aromatic heterocycles. The van der Waals surface area contributed by atoms with E-state index in [4.69, 9.17) is 5.73 Å². The van der Waals surface area contributed by atoms with Crippen molar-refractivity contribution in [2.45, 2.75) is 11.7 Å². The molecule has 0 spiro atoms. The average molecular weight is 437 g/mol. The van der Waals surface area contributed by atoms with Gasteiger partial charge in [0.25, 0.3) is 0 Å². The van der Waals surface area contributed by atoms with Crippen molar-refractivity contribution in [3.05, 3.63) is 51.1 Å². The van der Waals surface area contributed by atoms with Crippen LogP contribution in [0.2, 0.25) is 0 Å². The van der Waals surface area contributed by atoms with E-state index in [1.807, 2.05) is 17.5 Å². The summed E-state index contributed by atoms with van der Waals surface area (Å²) in [6, 6.07) is 10.8. The van der Waals surface area contributed by atoms with Crippen molar-refractivity contribution in [2.75, 3.05) is 4.90 Å². The lowest BCUT2D eigenvalue weighted by atomic mass is 10.3. The summed E-state index contributed by atoms with van der Waals surface area (Å²) in [6.45, 7) is 0. The van der Waals surface area contributed by atoms with Gasteiger partial charge in [-0.15, -0.1) is 16.4 Å². The van der Waals surface area contributed by atoms with Gasteiger partial charge in [-0.2, -0.15) is 5.10 Å². The van der Waals surface area contributed by atoms with E-state index in [9.17, 15) is 9.59 Å². The largest absolute Gasteiger partial charge is 0.377 e. The zero-order chi connectivity index (χ0) is 17.8. The van der Waals surface area contributed by atoms with Crippen LogP contribution in [0.5, 0.6) is 0 Å². The standard InChI is InChI=1S/C16H13BrN4O2S2/c17-10-3-5-11(6-4-10)21-14(22)8-13(15(21)23)25-16(18)20-19-9-12-2-1-7-24-12/h1-7,9,13H,8H2,(H2,18,20)/t13-/m0/s1. The molecule has 0 bridgehead atoms. The van der Waals surface area contributed by atoms with Gasteiger partial charge in [0.05, 0.1) is 11.9 Å². The molecule has 0 radical (unpaired) electrons. The van der Waals surface area contributed by atoms with E-state index in [-0.39, 0.29) is 23.4 Å². The third-order valence-corrected chi connectivity index (χ3v) is 5.65. The molecule has 9 heteroatoms. The number of hydrogen-bond donors (Lipinski definition) is 1. The van der Waals surface area contributed by atoms with Crippen molar-refractivity contribution >= 4 is 67.9 Å². The first kappa shape index (κ1) is 17.8. The lowest BCUT2D eigenvalue weighted by Gasteiger charge is -2.14. The number of carbonyl (C=O) groups is 2. The SMILES string of the molecule is NC(=NN=Cc1cccs1)S[C@H]1CC(=O)N(c2ccc(Br)cc2)C1=O. The van der Waals surface area contributed by atoms with E-state index in [0.717, 1.165) is 21.1 Å². The molecule has 0 unspecified atom stereocenters. The predicted molar refractivity (Wildman–Crippen MR) is 106 cm³/mol. The molecule has 1 aliphatic heterocycles. The first-order valence-corrected chi connectivity index (χ1v) is 9.79. The quantitative estimate of drug-likeness (QED) is 0.344. The minimum atomic E-state index is -0.586. The van der Waals surface area contributed by atoms with E-state index in [1.54, 1.807) is 30.5 Å². The summed E-state index contributed by atoms with van der Waals surface area (Å²) in [5, 5.41) is 9.27. The van der Waals surface area contributed by atoms with Gasteiger partial charge in [0.15, 0.2) is 5.17 Å². The number of thioether (sulfide) groups is 1. The summed E-state index contributed by atoms with van der Waals surface area (Å²) < 4.78 is 0.876. The number of halogens is 1. The van der Waals surface area contributed by atoms with Crippen LogP contribution in [0, 0.1) is 0 Å². The van der Waals surface area contributed by atoms with Crippen LogP contribution in [0.15, 0.2) is 56.5 Å². The highest BCUT2D eigenvalue weighted by atomic mass is 79.9. The third-order valence-electron chi connectivity index (χ3n) is 3.34. The number of nitrogens with zero attached hydrogens (tertiary/aromatic N) is 3. The molecule has 3 rings (SSSR count). The second-order valence-corrected chi connectivity index (χ2v) is 8.17. The summed E-state index contributed by atoms with van der Waals surface area (Å²) in [5.41, 5.74) is 6.37. The number of amidine groups is 1. The molecule has 2 heterocycles. The minimum Gasteiger partial charge on any atom is -0.377 e. The number of hydrogen-bond acceptors (Lipinski definition) is 6. The Labute approximate surface area is 160 Å². The number of anilines is 1. The van der Waals surface area contributed by atoms with Crippen molar-refractivity contribution in [1.82, 2.24) is 0 Å². The van der Waals surface area contributed by atoms with Gasteiger partial charge in [-0.3, -0.25) is 9.59 Å². The summed E-state index contributed by atoms with van der Waals surface area (Å²) in [4.78, 5) is 26.9. The van der Waals surface area contributed by atoms with Crippen LogP contribution in [-0.4, -0.2) is 28.4 Å². The van der Waals surface area contributed by atoms with Gasteiger partial charge >= 0.3 is 0 Å². The van der Waals surface area contributed by atoms with E-state index >= 15 is 0 Å². The molecule has 1 aromatic carbocycles. The molecule has 6 nitrogen and oxygen atoms in total. The average Bonchev–Trinajstić information content (AvgIpc) is 3.18. The fourth-order valence-electron chi connectivity index (χ4n) is 2.23. The highest BCUT2D eigenvalue weighted by Gasteiger charge is 2.40. The van der Waals surface area contributed by atoms with Crippen LogP contribution in [-0.2, 0) is 9.59 Å². The maximum Gasteiger partial charge on any atom is 0.247 e. The molecule has 1 saturated heterocycles. The summed E-state index contributed by atoms with van der Waals surface area (Å²) in [7, 11) is 0. The number of rotatable bonds is 4. The van der Waals surface area contributed by atoms with E-state index < -0.39 is 5.25 Å². The van der Waals surface area contributed by atoms with Crippen LogP contribution >= 0.6 is 39.0 Å². The predicted octanol–water partition coefficient (Wildman–Crippen LogP) is 3.22. The fraction of sp³-hybridized carbons (Fsp3) is 0.125. The molecular formula is C16H13BrN4O2S2. The first-order chi connectivity index (χ1) is 12.0. The van der Waals surface area contributed by atoms with Crippen molar-refractivity contribution < 1.29 is 9.59 Å². The van der Waals surface area contributed by atoms with E-state index in [0.29, 0.717) is 5.69 Å². The van der Waals surface area contributed by atoms with E-state index in [1.165, 1.54) is 16.2 Å². The number of amides is 2. The second-order valence-electron chi connectivity index (χ2n) is 5.05. The highest BCUT2D eigenvalue weighted by molar-refractivity contribution is 9.10. The van der Waals surface area contributed by atoms with Crippen LogP contribution in [0.4, 0.5) is 5.69 Å². The van der Waals surface area contributed by atoms with Crippen molar-refractivity contribution in [3.8, 4) is 0 Å². The van der Waals surface area contributed by atoms with Crippen LogP contribution in [0.3, 0.4) is 0 Å². The van der Waals surface area contributed by atoms with Gasteiger partial charge in [0.1, 0.15) is 5.25 Å². The Morgan fingerprint density at radius 2 is 2.08 bits per heavy atom. The van der Waals surface area contributed by atoms with Gasteiger partial charge in [-0.1, -0.05) is 33.8 Å². The molecule has 2 aromatic rings. The number of imide groups is 1. The monoisotopic (exact) mass is 436 g/mol. The Morgan fingerprint density at radius 1 is 1.32 bits per heavy atom. The maximum atomic E-state index is 12.5. The molecule has 25 heavy (non-hydrogen) atoms. The Morgan fingerprint density at radius 3 is 2.76 bits per heavy atom. The smallest absolute Gasteiger partial charge is 0.247 e. The van der Waals surface area contributed by atoms with Gasteiger partial charge < -0.3 is 5.73 Å². The summed E-state index contributed by atoms with van der Waals surface area (Å²) >= 11 is 5.92. The molecule has 128 valence electrons. The van der Waals surface area contributed by atoms with Crippen LogP contribution in [0.25, 0.3) is 0 Å². The van der Waals surface area contributed by atoms with Crippen molar-refractivity contribution in [2.24, 2.45) is 15.9 Å². The number of thiophene rings is 1. The number of benzene rings is 1. The molecule has 1 atom stereocenters. The van der Waals surface area contributed by atoms with Gasteiger partial charge in [0, 0.05) is 15.8 Å². The lowest BCUT2D eigenvalue weighted by Crippen LogP contribution is -2.31. The second kappa shape index (κ2) is 7.94. The Bertz CT molecular complexity index is 834. The minimum absolute atomic E-state index is 0.0877. The normalized spacial score (nSPS) is 18.5. The Balaban J connectivity index is 1.66. The molecule has 1 fully saturated rings. The molecule has 2 N–H and O–H groups in total. The third kappa shape index (κ3) is 4.36. The van der Waals surface area contributed by atoms with Crippen molar-refractivity contribution in [1.29, 1.82) is 0 Å². The van der Waals surface area contributed by atoms with Gasteiger partial charge in [0.2, 0.25) is 11.8 Å². The maximum absolute atomic E-state index is 12.5. The molecule has 2 amide bonds. The highest BCUT2D eigenvalue weighted by Crippen LogP contribution is 2.30. The zero-order valence-corrected chi connectivity index (χ0v) is 16.1. The van der Waals surface area contributed by atoms with Crippen LogP contribution < -0.4 is 10.6 Å². The fourth-order valence-corrected chi connectivity index (χ4v) is 3.90. The zero-order valence-electron chi connectivity index (χ0n) is 12.8. The lowest BCUT2D eigenvalue weighted by molar-refractivity contribution is -0.121. The van der Waals surface area contributed by atoms with Gasteiger partial charge in [-0.25, -0.2) is 4.90 Å². The Kier molecular flexibility index (Phi) is 5.67. The molecular weight excluding hydrogens is 424 g/mol. The van der Waals surface area contributed by atoms with Crippen LogP contribution in [0.1, 0.15) is 11.3 Å². The summed E-state index contributed by atoms with van der Waals surface area (Å²) in [6.07, 6.45) is 1.68. The number of nitrogens with two attached hydrogens (primary N) is 1. The van der Waals surface area contributed by atoms with Crippen molar-refractivity contribution in [3.63, 3.8) is 0 Å². The number of carbonyl (C=O) groups excluding carboxylic acids is 2. The summed E-state index contributed by atoms with van der Waals surface area (Å²) in [5.74, 6) is -0.544. The molecule has 0 saturated carbocycles. The topological polar surface area (TPSA) is 88.1 Å². The van der Waals surface area contributed by atoms with Gasteiger partial charge in [-0.05, 0) is 35.7 Å². The van der Waals surface area contributed by atoms with E-state index in [2.05, 4.69) is 26.1 Å². The Hall–Kier alpha value is -1.97.